The van der Waals surface area contributed by atoms with Crippen LogP contribution in [0.1, 0.15) is 35.1 Å². The number of phenolic OH excluding ortho intramolecular Hbond substituents is 1. The molecule has 1 fully saturated rings. The van der Waals surface area contributed by atoms with Gasteiger partial charge in [0.1, 0.15) is 24.4 Å². The average Bonchev–Trinajstić information content (AvgIpc) is 3.22. The van der Waals surface area contributed by atoms with Crippen LogP contribution in [0.3, 0.4) is 0 Å². The van der Waals surface area contributed by atoms with Crippen LogP contribution in [0, 0.1) is 0 Å². The molecule has 6 atom stereocenters. The second kappa shape index (κ2) is 10.3. The second-order valence-corrected chi connectivity index (χ2v) is 8.47. The number of hydrogen-bond donors (Lipinski definition) is 6. The first-order valence-electron chi connectivity index (χ1n) is 11.1. The molecule has 0 aromatic heterocycles. The molecule has 0 bridgehead atoms. The summed E-state index contributed by atoms with van der Waals surface area (Å²) in [6.07, 6.45) is -4.74. The highest BCUT2D eigenvalue weighted by molar-refractivity contribution is 5.55. The van der Waals surface area contributed by atoms with Gasteiger partial charge in [0.15, 0.2) is 23.0 Å². The molecule has 10 nitrogen and oxygen atoms in total. The molecule has 2 aromatic carbocycles. The first kappa shape index (κ1) is 24.5. The van der Waals surface area contributed by atoms with E-state index < -0.39 is 36.6 Å². The van der Waals surface area contributed by atoms with Gasteiger partial charge in [-0.25, -0.2) is 0 Å². The van der Waals surface area contributed by atoms with E-state index in [1.54, 1.807) is 24.3 Å². The molecule has 2 aliphatic heterocycles. The Bertz CT molecular complexity index is 996. The Labute approximate surface area is 196 Å². The molecule has 0 aliphatic carbocycles. The number of benzene rings is 2. The van der Waals surface area contributed by atoms with Crippen LogP contribution >= 0.6 is 0 Å². The Hall–Kier alpha value is -2.60. The zero-order valence-electron chi connectivity index (χ0n) is 18.7. The molecular weight excluding hydrogens is 448 g/mol. The van der Waals surface area contributed by atoms with Gasteiger partial charge in [-0.3, -0.25) is 0 Å². The molecule has 1 saturated heterocycles. The quantitative estimate of drug-likeness (QED) is 0.313. The van der Waals surface area contributed by atoms with E-state index in [1.165, 1.54) is 7.11 Å². The second-order valence-electron chi connectivity index (χ2n) is 8.47. The smallest absolute Gasteiger partial charge is 0.229 e. The molecule has 2 aliphatic rings. The van der Waals surface area contributed by atoms with Gasteiger partial charge in [0.25, 0.3) is 0 Å². The fourth-order valence-electron chi connectivity index (χ4n) is 4.36. The number of aryl methyl sites for hydroxylation is 1. The number of methoxy groups -OCH3 is 1. The zero-order valence-corrected chi connectivity index (χ0v) is 18.7. The Balaban J connectivity index is 1.57. The van der Waals surface area contributed by atoms with E-state index in [0.717, 1.165) is 5.56 Å². The van der Waals surface area contributed by atoms with E-state index in [1.807, 2.05) is 6.07 Å². The topological polar surface area (TPSA) is 158 Å². The lowest BCUT2D eigenvalue weighted by atomic mass is 9.90. The normalized spacial score (nSPS) is 28.3. The number of phenols is 1. The molecule has 0 radical (unpaired) electrons. The van der Waals surface area contributed by atoms with Crippen molar-refractivity contribution in [1.29, 1.82) is 0 Å². The summed E-state index contributed by atoms with van der Waals surface area (Å²) in [6, 6.07) is 8.44. The molecule has 186 valence electrons. The Kier molecular flexibility index (Phi) is 7.46. The molecule has 2 heterocycles. The SMILES string of the molecule is COc1cc([C@H]2Oc3c(O)cc(CCCO)cc3[C@@H]2CO)ccc1O[C@@H]1OC[C@@H](O)[C@H](O)[C@H]1O. The number of rotatable bonds is 8. The molecule has 0 saturated carbocycles. The van der Waals surface area contributed by atoms with E-state index in [2.05, 4.69) is 0 Å². The highest BCUT2D eigenvalue weighted by atomic mass is 16.7. The Morgan fingerprint density at radius 2 is 1.82 bits per heavy atom. The van der Waals surface area contributed by atoms with Crippen LogP contribution in [-0.2, 0) is 11.2 Å². The molecule has 0 spiro atoms. The minimum Gasteiger partial charge on any atom is -0.504 e. The van der Waals surface area contributed by atoms with Crippen molar-refractivity contribution in [2.24, 2.45) is 0 Å². The van der Waals surface area contributed by atoms with Crippen molar-refractivity contribution in [2.45, 2.75) is 49.5 Å². The van der Waals surface area contributed by atoms with Crippen molar-refractivity contribution >= 4 is 0 Å². The lowest BCUT2D eigenvalue weighted by Crippen LogP contribution is -2.54. The van der Waals surface area contributed by atoms with Gasteiger partial charge in [-0.1, -0.05) is 12.1 Å². The predicted molar refractivity (Wildman–Crippen MR) is 118 cm³/mol. The van der Waals surface area contributed by atoms with Crippen molar-refractivity contribution in [3.05, 3.63) is 47.0 Å². The van der Waals surface area contributed by atoms with Crippen LogP contribution in [0.25, 0.3) is 0 Å². The van der Waals surface area contributed by atoms with Gasteiger partial charge in [0.05, 0.1) is 26.2 Å². The summed E-state index contributed by atoms with van der Waals surface area (Å²) in [7, 11) is 1.44. The van der Waals surface area contributed by atoms with Crippen LogP contribution in [0.4, 0.5) is 0 Å². The maximum Gasteiger partial charge on any atom is 0.229 e. The highest BCUT2D eigenvalue weighted by Gasteiger charge is 2.40. The van der Waals surface area contributed by atoms with E-state index in [0.29, 0.717) is 35.5 Å². The third-order valence-electron chi connectivity index (χ3n) is 6.20. The Morgan fingerprint density at radius 3 is 2.53 bits per heavy atom. The largest absolute Gasteiger partial charge is 0.504 e. The first-order chi connectivity index (χ1) is 16.4. The number of ether oxygens (including phenoxy) is 4. The van der Waals surface area contributed by atoms with Gasteiger partial charge in [-0.2, -0.15) is 0 Å². The van der Waals surface area contributed by atoms with E-state index in [4.69, 9.17) is 24.1 Å². The summed E-state index contributed by atoms with van der Waals surface area (Å²) < 4.78 is 22.5. The summed E-state index contributed by atoms with van der Waals surface area (Å²) in [4.78, 5) is 0. The number of aliphatic hydroxyl groups is 5. The summed E-state index contributed by atoms with van der Waals surface area (Å²) >= 11 is 0. The fourth-order valence-corrected chi connectivity index (χ4v) is 4.36. The van der Waals surface area contributed by atoms with E-state index in [-0.39, 0.29) is 31.3 Å². The molecule has 10 heteroatoms. The average molecular weight is 478 g/mol. The van der Waals surface area contributed by atoms with Crippen LogP contribution in [0.2, 0.25) is 0 Å². The lowest BCUT2D eigenvalue weighted by molar-refractivity contribution is -0.242. The van der Waals surface area contributed by atoms with Gasteiger partial charge in [-0.15, -0.1) is 0 Å². The van der Waals surface area contributed by atoms with Crippen LogP contribution in [-0.4, -0.2) is 82.2 Å². The monoisotopic (exact) mass is 478 g/mol. The van der Waals surface area contributed by atoms with E-state index >= 15 is 0 Å². The minimum absolute atomic E-state index is 0.0255. The standard InChI is InChI=1S/C24H30O10/c1-31-19-9-13(4-5-18(19)33-24-21(30)20(29)17(28)11-32-24)22-15(10-26)14-7-12(3-2-6-25)8-16(27)23(14)34-22/h4-5,7-9,15,17,20-22,24-30H,2-3,6,10-11H2,1H3/t15-,17+,20-,21+,22+,24-/m0/s1. The van der Waals surface area contributed by atoms with Crippen molar-refractivity contribution in [3.63, 3.8) is 0 Å². The summed E-state index contributed by atoms with van der Waals surface area (Å²) in [5.74, 6) is 0.388. The van der Waals surface area contributed by atoms with Crippen molar-refractivity contribution in [3.8, 4) is 23.0 Å². The van der Waals surface area contributed by atoms with Gasteiger partial charge in [-0.05, 0) is 42.2 Å². The van der Waals surface area contributed by atoms with Gasteiger partial charge >= 0.3 is 0 Å². The van der Waals surface area contributed by atoms with Crippen molar-refractivity contribution in [2.75, 3.05) is 26.9 Å². The minimum atomic E-state index is -1.46. The number of aliphatic hydroxyl groups excluding tert-OH is 5. The van der Waals surface area contributed by atoms with Crippen LogP contribution in [0.5, 0.6) is 23.0 Å². The maximum atomic E-state index is 10.5. The predicted octanol–water partition coefficient (Wildman–Crippen LogP) is 0.353. The number of aromatic hydroxyl groups is 1. The van der Waals surface area contributed by atoms with Crippen LogP contribution < -0.4 is 14.2 Å². The third-order valence-corrected chi connectivity index (χ3v) is 6.20. The zero-order chi connectivity index (χ0) is 24.4. The highest BCUT2D eigenvalue weighted by Crippen LogP contribution is 2.51. The fraction of sp³-hybridized carbons (Fsp3) is 0.500. The first-order valence-corrected chi connectivity index (χ1v) is 11.1. The van der Waals surface area contributed by atoms with Gasteiger partial charge in [0, 0.05) is 12.2 Å². The number of hydrogen-bond acceptors (Lipinski definition) is 10. The van der Waals surface area contributed by atoms with E-state index in [9.17, 15) is 25.5 Å². The molecular formula is C24H30O10. The van der Waals surface area contributed by atoms with Gasteiger partial charge in [0.2, 0.25) is 6.29 Å². The number of fused-ring (bicyclic) bond motifs is 1. The third kappa shape index (κ3) is 4.65. The Morgan fingerprint density at radius 1 is 1.03 bits per heavy atom. The van der Waals surface area contributed by atoms with Crippen molar-refractivity contribution in [1.82, 2.24) is 0 Å². The molecule has 0 unspecified atom stereocenters. The molecule has 0 amide bonds. The van der Waals surface area contributed by atoms with Gasteiger partial charge < -0.3 is 49.6 Å². The van der Waals surface area contributed by atoms with Crippen LogP contribution in [0.15, 0.2) is 30.3 Å². The lowest BCUT2D eigenvalue weighted by Gasteiger charge is -2.35. The van der Waals surface area contributed by atoms with Crippen molar-refractivity contribution < 1.29 is 49.6 Å². The molecule has 2 aromatic rings. The molecule has 6 N–H and O–H groups in total. The summed E-state index contributed by atoms with van der Waals surface area (Å²) in [5.41, 5.74) is 2.19. The molecule has 34 heavy (non-hydrogen) atoms. The maximum absolute atomic E-state index is 10.5. The summed E-state index contributed by atoms with van der Waals surface area (Å²) in [6.45, 7) is -0.375. The molecule has 4 rings (SSSR count). The summed E-state index contributed by atoms with van der Waals surface area (Å²) in [5, 5.41) is 59.4.